The minimum atomic E-state index is -3.39. The van der Waals surface area contributed by atoms with Gasteiger partial charge in [0.1, 0.15) is 0 Å². The van der Waals surface area contributed by atoms with Gasteiger partial charge in [-0.15, -0.1) is 0 Å². The van der Waals surface area contributed by atoms with E-state index in [1.54, 1.807) is 0 Å². The Hall–Kier alpha value is -1.48. The van der Waals surface area contributed by atoms with Gasteiger partial charge in [-0.05, 0) is 29.7 Å². The zero-order chi connectivity index (χ0) is 21.1. The van der Waals surface area contributed by atoms with Crippen LogP contribution >= 0.6 is 0 Å². The summed E-state index contributed by atoms with van der Waals surface area (Å²) < 4.78 is 33.3. The van der Waals surface area contributed by atoms with E-state index in [4.69, 9.17) is 4.74 Å². The van der Waals surface area contributed by atoms with Crippen molar-refractivity contribution in [1.29, 1.82) is 0 Å². The molecule has 0 unspecified atom stereocenters. The Balaban J connectivity index is 1.32. The van der Waals surface area contributed by atoms with Gasteiger partial charge >= 0.3 is 0 Å². The van der Waals surface area contributed by atoms with Crippen LogP contribution < -0.4 is 4.72 Å². The molecule has 2 saturated heterocycles. The van der Waals surface area contributed by atoms with Crippen molar-refractivity contribution in [3.8, 4) is 0 Å². The highest BCUT2D eigenvalue weighted by molar-refractivity contribution is 7.88. The third kappa shape index (κ3) is 5.04. The first-order chi connectivity index (χ1) is 14.4. The van der Waals surface area contributed by atoms with Crippen molar-refractivity contribution < 1.29 is 17.9 Å². The van der Waals surface area contributed by atoms with Gasteiger partial charge in [-0.2, -0.15) is 0 Å². The van der Waals surface area contributed by atoms with Crippen LogP contribution in [0.1, 0.15) is 25.3 Å². The molecule has 0 spiro atoms. The smallest absolute Gasteiger partial charge is 0.223 e. The van der Waals surface area contributed by atoms with Gasteiger partial charge in [0.05, 0.1) is 19.0 Å². The summed E-state index contributed by atoms with van der Waals surface area (Å²) in [5.41, 5.74) is 0.785. The number of rotatable bonds is 8. The van der Waals surface area contributed by atoms with Crippen molar-refractivity contribution in [2.24, 2.45) is 17.8 Å². The van der Waals surface area contributed by atoms with E-state index in [0.29, 0.717) is 18.9 Å². The summed E-state index contributed by atoms with van der Waals surface area (Å²) in [6.45, 7) is 7.66. The van der Waals surface area contributed by atoms with Crippen molar-refractivity contribution in [3.63, 3.8) is 0 Å². The van der Waals surface area contributed by atoms with Gasteiger partial charge in [-0.25, -0.2) is 13.1 Å². The van der Waals surface area contributed by atoms with Gasteiger partial charge in [0, 0.05) is 45.2 Å². The van der Waals surface area contributed by atoms with Crippen LogP contribution in [0.25, 0.3) is 0 Å². The van der Waals surface area contributed by atoms with Crippen LogP contribution in [0.15, 0.2) is 30.3 Å². The SMILES string of the molecule is C[C@H]1C[C@@H]2[C@@H](CC(=O)N2CCN2CCOCC2)[C@@H]1CNS(=O)(=O)Cc1ccccc1. The first kappa shape index (κ1) is 21.7. The fraction of sp³-hybridized carbons (Fsp3) is 0.682. The molecule has 7 nitrogen and oxygen atoms in total. The van der Waals surface area contributed by atoms with E-state index in [0.717, 1.165) is 51.4 Å². The lowest BCUT2D eigenvalue weighted by molar-refractivity contribution is -0.129. The third-order valence-corrected chi connectivity index (χ3v) is 8.34. The Morgan fingerprint density at radius 3 is 2.60 bits per heavy atom. The van der Waals surface area contributed by atoms with Crippen LogP contribution in [0.2, 0.25) is 0 Å². The molecule has 1 N–H and O–H groups in total. The standard InChI is InChI=1S/C22H33N3O4S/c1-17-13-21-19(14-22(26)25(21)8-7-24-9-11-29-12-10-24)20(17)15-23-30(27,28)16-18-5-3-2-4-6-18/h2-6,17,19-21,23H,7-16H2,1H3/t17-,19-,20+,21+/m0/s1. The second-order valence-corrected chi connectivity index (χ2v) is 10.8. The number of morpholine rings is 1. The zero-order valence-corrected chi connectivity index (χ0v) is 18.5. The number of carbonyl (C=O) groups excluding carboxylic acids is 1. The second-order valence-electron chi connectivity index (χ2n) is 8.95. The van der Waals surface area contributed by atoms with Gasteiger partial charge in [-0.3, -0.25) is 9.69 Å². The van der Waals surface area contributed by atoms with Gasteiger partial charge in [0.25, 0.3) is 0 Å². The van der Waals surface area contributed by atoms with Crippen LogP contribution in [-0.4, -0.2) is 76.1 Å². The molecule has 2 aliphatic heterocycles. The molecule has 30 heavy (non-hydrogen) atoms. The number of benzene rings is 1. The Bertz CT molecular complexity index is 826. The van der Waals surface area contributed by atoms with Gasteiger partial charge in [-0.1, -0.05) is 37.3 Å². The van der Waals surface area contributed by atoms with E-state index in [2.05, 4.69) is 21.4 Å². The van der Waals surface area contributed by atoms with E-state index in [1.807, 2.05) is 30.3 Å². The molecule has 8 heteroatoms. The number of hydrogen-bond donors (Lipinski definition) is 1. The van der Waals surface area contributed by atoms with E-state index in [1.165, 1.54) is 0 Å². The summed E-state index contributed by atoms with van der Waals surface area (Å²) in [5.74, 6) is 1.07. The second kappa shape index (κ2) is 9.34. The number of ether oxygens (including phenoxy) is 1. The van der Waals surface area contributed by atoms with E-state index in [-0.39, 0.29) is 29.5 Å². The highest BCUT2D eigenvalue weighted by Crippen LogP contribution is 2.45. The molecular weight excluding hydrogens is 402 g/mol. The highest BCUT2D eigenvalue weighted by Gasteiger charge is 2.50. The Morgan fingerprint density at radius 1 is 1.13 bits per heavy atom. The predicted molar refractivity (Wildman–Crippen MR) is 115 cm³/mol. The first-order valence-electron chi connectivity index (χ1n) is 11.0. The van der Waals surface area contributed by atoms with Crippen LogP contribution in [0.4, 0.5) is 0 Å². The van der Waals surface area contributed by atoms with Crippen molar-refractivity contribution in [3.05, 3.63) is 35.9 Å². The minimum Gasteiger partial charge on any atom is -0.379 e. The van der Waals surface area contributed by atoms with Crippen LogP contribution in [0.3, 0.4) is 0 Å². The number of fused-ring (bicyclic) bond motifs is 1. The summed E-state index contributed by atoms with van der Waals surface area (Å²) in [7, 11) is -3.39. The normalized spacial score (nSPS) is 30.0. The molecule has 0 bridgehead atoms. The summed E-state index contributed by atoms with van der Waals surface area (Å²) in [6.07, 6.45) is 1.51. The molecule has 166 valence electrons. The van der Waals surface area contributed by atoms with Crippen molar-refractivity contribution >= 4 is 15.9 Å². The molecule has 1 amide bonds. The predicted octanol–water partition coefficient (Wildman–Crippen LogP) is 1.31. The molecule has 3 aliphatic rings. The van der Waals surface area contributed by atoms with Crippen LogP contribution in [-0.2, 0) is 25.3 Å². The van der Waals surface area contributed by atoms with E-state index >= 15 is 0 Å². The molecule has 0 radical (unpaired) electrons. The van der Waals surface area contributed by atoms with E-state index in [9.17, 15) is 13.2 Å². The quantitative estimate of drug-likeness (QED) is 0.666. The van der Waals surface area contributed by atoms with Gasteiger partial charge in [0.2, 0.25) is 15.9 Å². The molecule has 1 saturated carbocycles. The summed E-state index contributed by atoms with van der Waals surface area (Å²) in [4.78, 5) is 17.1. The number of amides is 1. The lowest BCUT2D eigenvalue weighted by Gasteiger charge is -2.31. The Morgan fingerprint density at radius 2 is 1.87 bits per heavy atom. The van der Waals surface area contributed by atoms with Crippen LogP contribution in [0, 0.1) is 17.8 Å². The number of carbonyl (C=O) groups is 1. The first-order valence-corrected chi connectivity index (χ1v) is 12.7. The highest BCUT2D eigenvalue weighted by atomic mass is 32.2. The summed E-state index contributed by atoms with van der Waals surface area (Å²) >= 11 is 0. The fourth-order valence-corrected chi connectivity index (χ4v) is 6.55. The molecule has 4 rings (SSSR count). The molecule has 1 aromatic rings. The average Bonchev–Trinajstić information content (AvgIpc) is 3.19. The van der Waals surface area contributed by atoms with Crippen molar-refractivity contribution in [1.82, 2.24) is 14.5 Å². The summed E-state index contributed by atoms with van der Waals surface area (Å²) in [5, 5.41) is 0. The molecule has 0 aromatic heterocycles. The largest absolute Gasteiger partial charge is 0.379 e. The maximum atomic E-state index is 12.7. The third-order valence-electron chi connectivity index (χ3n) is 7.02. The number of nitrogens with one attached hydrogen (secondary N) is 1. The number of hydrogen-bond acceptors (Lipinski definition) is 5. The van der Waals surface area contributed by atoms with Crippen molar-refractivity contribution in [2.75, 3.05) is 45.9 Å². The fourth-order valence-electron chi connectivity index (χ4n) is 5.37. The number of nitrogens with zero attached hydrogens (tertiary/aromatic N) is 2. The average molecular weight is 436 g/mol. The maximum Gasteiger partial charge on any atom is 0.223 e. The molecular formula is C22H33N3O4S. The van der Waals surface area contributed by atoms with Gasteiger partial charge in [0.15, 0.2) is 0 Å². The van der Waals surface area contributed by atoms with E-state index < -0.39 is 10.0 Å². The Kier molecular flexibility index (Phi) is 6.77. The lowest BCUT2D eigenvalue weighted by atomic mass is 9.89. The monoisotopic (exact) mass is 435 g/mol. The lowest BCUT2D eigenvalue weighted by Crippen LogP contribution is -2.44. The van der Waals surface area contributed by atoms with Crippen LogP contribution in [0.5, 0.6) is 0 Å². The molecule has 4 atom stereocenters. The molecule has 3 fully saturated rings. The topological polar surface area (TPSA) is 79.0 Å². The summed E-state index contributed by atoms with van der Waals surface area (Å²) in [6, 6.07) is 9.49. The number of sulfonamides is 1. The zero-order valence-electron chi connectivity index (χ0n) is 17.7. The van der Waals surface area contributed by atoms with Crippen molar-refractivity contribution in [2.45, 2.75) is 31.6 Å². The minimum absolute atomic E-state index is 0.00631. The Labute approximate surface area is 179 Å². The molecule has 2 heterocycles. The number of likely N-dealkylation sites (tertiary alicyclic amines) is 1. The maximum absolute atomic E-state index is 12.7. The van der Waals surface area contributed by atoms with Gasteiger partial charge < -0.3 is 9.64 Å². The molecule has 1 aromatic carbocycles. The molecule has 1 aliphatic carbocycles.